The van der Waals surface area contributed by atoms with E-state index >= 15 is 0 Å². The van der Waals surface area contributed by atoms with E-state index in [2.05, 4.69) is 179 Å². The van der Waals surface area contributed by atoms with Crippen molar-refractivity contribution in [2.24, 2.45) is 0 Å². The number of benzene rings is 8. The summed E-state index contributed by atoms with van der Waals surface area (Å²) in [6.45, 7) is 0. The van der Waals surface area contributed by atoms with Crippen molar-refractivity contribution in [2.45, 2.75) is 0 Å². The zero-order chi connectivity index (χ0) is 30.2. The van der Waals surface area contributed by atoms with Gasteiger partial charge in [0.15, 0.2) is 0 Å². The molecule has 0 aliphatic carbocycles. The van der Waals surface area contributed by atoms with Gasteiger partial charge < -0.3 is 9.13 Å². The van der Waals surface area contributed by atoms with E-state index in [0.29, 0.717) is 0 Å². The lowest BCUT2D eigenvalue weighted by molar-refractivity contribution is 1.18. The Morgan fingerprint density at radius 1 is 0.304 bits per heavy atom. The molecule has 0 N–H and O–H groups in total. The Balaban J connectivity index is 1.49. The number of para-hydroxylation sites is 2. The molecule has 0 amide bonds. The smallest absolute Gasteiger partial charge is 0.0648 e. The van der Waals surface area contributed by atoms with E-state index in [1.165, 1.54) is 76.3 Å². The molecule has 0 saturated heterocycles. The van der Waals surface area contributed by atoms with Gasteiger partial charge in [-0.25, -0.2) is 0 Å². The van der Waals surface area contributed by atoms with Gasteiger partial charge in [-0.1, -0.05) is 133 Å². The number of hydrogen-bond acceptors (Lipinski definition) is 0. The SMILES string of the molecule is c1ccc(-c2cccc(-n3c4ccccc4c4c3c3ccccc3c3c5c6ccccc6ccc5n(-c5ccccc5)c34)c2)cc1. The van der Waals surface area contributed by atoms with Crippen LogP contribution in [0.3, 0.4) is 0 Å². The first-order valence-corrected chi connectivity index (χ1v) is 15.9. The standard InChI is InChI=1S/C44H28N2/c1-3-14-29(15-4-1)31-17-13-20-33(28-31)46-38-25-12-11-24-37(38)42-43(46)36-23-10-9-22-35(36)41-40-34-21-8-7-16-30(34)26-27-39(40)45(44(41)42)32-18-5-2-6-19-32/h1-28H. The molecule has 0 bridgehead atoms. The Labute approximate surface area is 266 Å². The number of rotatable bonds is 3. The van der Waals surface area contributed by atoms with Crippen molar-refractivity contribution in [2.75, 3.05) is 0 Å². The van der Waals surface area contributed by atoms with Crippen LogP contribution in [0.4, 0.5) is 0 Å². The Morgan fingerprint density at radius 3 is 1.74 bits per heavy atom. The molecule has 0 fully saturated rings. The summed E-state index contributed by atoms with van der Waals surface area (Å²) in [6.07, 6.45) is 0. The molecule has 2 aromatic heterocycles. The van der Waals surface area contributed by atoms with Crippen LogP contribution in [-0.2, 0) is 0 Å². The van der Waals surface area contributed by atoms with Crippen LogP contribution in [-0.4, -0.2) is 9.13 Å². The first-order chi connectivity index (χ1) is 22.9. The van der Waals surface area contributed by atoms with Gasteiger partial charge in [0.05, 0.1) is 22.1 Å². The van der Waals surface area contributed by atoms with Crippen molar-refractivity contribution in [1.29, 1.82) is 0 Å². The Bertz CT molecular complexity index is 2780. The molecular weight excluding hydrogens is 556 g/mol. The minimum Gasteiger partial charge on any atom is -0.309 e. The van der Waals surface area contributed by atoms with Crippen molar-refractivity contribution >= 4 is 65.2 Å². The first kappa shape index (κ1) is 25.2. The lowest BCUT2D eigenvalue weighted by Crippen LogP contribution is -1.96. The monoisotopic (exact) mass is 584 g/mol. The third kappa shape index (κ3) is 3.47. The van der Waals surface area contributed by atoms with Gasteiger partial charge >= 0.3 is 0 Å². The lowest BCUT2D eigenvalue weighted by Gasteiger charge is -2.14. The molecule has 46 heavy (non-hydrogen) atoms. The van der Waals surface area contributed by atoms with E-state index in [9.17, 15) is 0 Å². The van der Waals surface area contributed by atoms with Crippen molar-refractivity contribution in [1.82, 2.24) is 9.13 Å². The lowest BCUT2D eigenvalue weighted by atomic mass is 9.97. The summed E-state index contributed by atoms with van der Waals surface area (Å²) in [5, 5.41) is 10.2. The number of fused-ring (bicyclic) bond motifs is 12. The highest BCUT2D eigenvalue weighted by Crippen LogP contribution is 2.48. The maximum atomic E-state index is 2.50. The second-order valence-electron chi connectivity index (χ2n) is 12.1. The van der Waals surface area contributed by atoms with Crippen LogP contribution in [0.15, 0.2) is 170 Å². The molecule has 2 nitrogen and oxygen atoms in total. The molecule has 2 heterocycles. The molecule has 0 spiro atoms. The highest BCUT2D eigenvalue weighted by molar-refractivity contribution is 6.39. The topological polar surface area (TPSA) is 9.86 Å². The van der Waals surface area contributed by atoms with E-state index < -0.39 is 0 Å². The number of aromatic nitrogens is 2. The van der Waals surface area contributed by atoms with Gasteiger partial charge in [0.1, 0.15) is 0 Å². The van der Waals surface area contributed by atoms with Crippen LogP contribution in [0.2, 0.25) is 0 Å². The maximum absolute atomic E-state index is 2.50. The van der Waals surface area contributed by atoms with Crippen molar-refractivity contribution < 1.29 is 0 Å². The fourth-order valence-corrected chi connectivity index (χ4v) is 7.77. The summed E-state index contributed by atoms with van der Waals surface area (Å²) >= 11 is 0. The molecular formula is C44H28N2. The van der Waals surface area contributed by atoms with Crippen molar-refractivity contribution in [3.05, 3.63) is 170 Å². The minimum atomic E-state index is 1.16. The van der Waals surface area contributed by atoms with E-state index in [1.54, 1.807) is 0 Å². The predicted octanol–water partition coefficient (Wildman–Crippen LogP) is 11.9. The molecule has 2 heteroatoms. The summed E-state index contributed by atoms with van der Waals surface area (Å²) in [4.78, 5) is 0. The third-order valence-electron chi connectivity index (χ3n) is 9.65. The number of hydrogen-bond donors (Lipinski definition) is 0. The second-order valence-corrected chi connectivity index (χ2v) is 12.1. The first-order valence-electron chi connectivity index (χ1n) is 15.9. The quantitative estimate of drug-likeness (QED) is 0.195. The largest absolute Gasteiger partial charge is 0.309 e. The van der Waals surface area contributed by atoms with E-state index in [4.69, 9.17) is 0 Å². The summed E-state index contributed by atoms with van der Waals surface area (Å²) in [5.41, 5.74) is 9.66. The minimum absolute atomic E-state index is 1.16. The summed E-state index contributed by atoms with van der Waals surface area (Å²) in [7, 11) is 0. The summed E-state index contributed by atoms with van der Waals surface area (Å²) in [6, 6.07) is 61.8. The Morgan fingerprint density at radius 2 is 0.913 bits per heavy atom. The van der Waals surface area contributed by atoms with Crippen LogP contribution in [0.1, 0.15) is 0 Å². The van der Waals surface area contributed by atoms with E-state index in [-0.39, 0.29) is 0 Å². The van der Waals surface area contributed by atoms with Gasteiger partial charge in [0.25, 0.3) is 0 Å². The average Bonchev–Trinajstić information content (AvgIpc) is 3.67. The number of nitrogens with zero attached hydrogens (tertiary/aromatic N) is 2. The second kappa shape index (κ2) is 9.69. The molecule has 10 rings (SSSR count). The molecule has 0 atom stereocenters. The summed E-state index contributed by atoms with van der Waals surface area (Å²) < 4.78 is 4.99. The van der Waals surface area contributed by atoms with E-state index in [1.807, 2.05) is 0 Å². The fraction of sp³-hybridized carbons (Fsp3) is 0. The van der Waals surface area contributed by atoms with Crippen LogP contribution < -0.4 is 0 Å². The summed E-state index contributed by atoms with van der Waals surface area (Å²) in [5.74, 6) is 0. The highest BCUT2D eigenvalue weighted by Gasteiger charge is 2.25. The molecule has 214 valence electrons. The third-order valence-corrected chi connectivity index (χ3v) is 9.65. The zero-order valence-corrected chi connectivity index (χ0v) is 25.1. The van der Waals surface area contributed by atoms with Gasteiger partial charge in [-0.15, -0.1) is 0 Å². The van der Waals surface area contributed by atoms with Crippen molar-refractivity contribution in [3.63, 3.8) is 0 Å². The molecule has 0 radical (unpaired) electrons. The highest BCUT2D eigenvalue weighted by atomic mass is 15.0. The van der Waals surface area contributed by atoms with Gasteiger partial charge in [-0.2, -0.15) is 0 Å². The normalized spacial score (nSPS) is 11.9. The van der Waals surface area contributed by atoms with Crippen LogP contribution >= 0.6 is 0 Å². The van der Waals surface area contributed by atoms with Gasteiger partial charge in [0, 0.05) is 38.3 Å². The molecule has 0 aliphatic heterocycles. The van der Waals surface area contributed by atoms with Gasteiger partial charge in [-0.05, 0) is 63.7 Å². The predicted molar refractivity (Wildman–Crippen MR) is 196 cm³/mol. The molecule has 10 aromatic rings. The maximum Gasteiger partial charge on any atom is 0.0648 e. The van der Waals surface area contributed by atoms with Crippen LogP contribution in [0.25, 0.3) is 87.7 Å². The Hall–Kier alpha value is -6.12. The molecule has 0 unspecified atom stereocenters. The van der Waals surface area contributed by atoms with Gasteiger partial charge in [-0.3, -0.25) is 0 Å². The fourth-order valence-electron chi connectivity index (χ4n) is 7.77. The molecule has 0 aliphatic rings. The average molecular weight is 585 g/mol. The Kier molecular flexibility index (Phi) is 5.31. The van der Waals surface area contributed by atoms with E-state index in [0.717, 1.165) is 11.4 Å². The van der Waals surface area contributed by atoms with Gasteiger partial charge in [0.2, 0.25) is 0 Å². The van der Waals surface area contributed by atoms with Crippen molar-refractivity contribution in [3.8, 4) is 22.5 Å². The van der Waals surface area contributed by atoms with Crippen LogP contribution in [0, 0.1) is 0 Å². The molecule has 8 aromatic carbocycles. The zero-order valence-electron chi connectivity index (χ0n) is 25.1. The molecule has 0 saturated carbocycles. The van der Waals surface area contributed by atoms with Crippen LogP contribution in [0.5, 0.6) is 0 Å².